The topological polar surface area (TPSA) is 41.9 Å². The van der Waals surface area contributed by atoms with Crippen LogP contribution in [0.2, 0.25) is 5.15 Å². The number of benzene rings is 3. The minimum absolute atomic E-state index is 0.216. The van der Waals surface area contributed by atoms with Crippen LogP contribution < -0.4 is 10.6 Å². The molecule has 1 aliphatic heterocycles. The first-order chi connectivity index (χ1) is 13.1. The second kappa shape index (κ2) is 5.99. The van der Waals surface area contributed by atoms with E-state index < -0.39 is 0 Å². The molecule has 3 aromatic carbocycles. The normalized spacial score (nSPS) is 13.4. The number of halogens is 2. The van der Waals surface area contributed by atoms with Crippen molar-refractivity contribution in [2.45, 2.75) is 13.1 Å². The first kappa shape index (κ1) is 16.1. The molecule has 0 aliphatic carbocycles. The Labute approximate surface area is 160 Å². The molecule has 134 valence electrons. The fourth-order valence-electron chi connectivity index (χ4n) is 3.67. The largest absolute Gasteiger partial charge is 0.361 e. The van der Waals surface area contributed by atoms with E-state index in [0.717, 1.165) is 28.0 Å². The van der Waals surface area contributed by atoms with Crippen molar-refractivity contribution in [1.29, 1.82) is 0 Å². The van der Waals surface area contributed by atoms with Crippen LogP contribution >= 0.6 is 11.6 Å². The monoisotopic (exact) mass is 378 g/mol. The van der Waals surface area contributed by atoms with Gasteiger partial charge in [-0.25, -0.2) is 9.07 Å². The number of nitrogens with one attached hydrogen (secondary N) is 2. The highest BCUT2D eigenvalue weighted by molar-refractivity contribution is 6.30. The van der Waals surface area contributed by atoms with Crippen molar-refractivity contribution in [2.24, 2.45) is 0 Å². The zero-order valence-corrected chi connectivity index (χ0v) is 15.3. The van der Waals surface area contributed by atoms with Gasteiger partial charge in [-0.2, -0.15) is 5.10 Å². The molecule has 0 unspecified atom stereocenters. The van der Waals surface area contributed by atoms with Gasteiger partial charge in [-0.15, -0.1) is 0 Å². The summed E-state index contributed by atoms with van der Waals surface area (Å²) in [6.07, 6.45) is -0.216. The van der Waals surface area contributed by atoms with Gasteiger partial charge in [-0.05, 0) is 48.7 Å². The Morgan fingerprint density at radius 1 is 0.963 bits per heavy atom. The second-order valence-corrected chi connectivity index (χ2v) is 6.97. The van der Waals surface area contributed by atoms with Crippen molar-refractivity contribution in [2.75, 3.05) is 10.6 Å². The molecule has 0 spiro atoms. The predicted molar refractivity (Wildman–Crippen MR) is 107 cm³/mol. The van der Waals surface area contributed by atoms with Crippen LogP contribution in [-0.4, -0.2) is 9.78 Å². The van der Waals surface area contributed by atoms with Gasteiger partial charge in [0.05, 0.1) is 16.9 Å². The second-order valence-electron chi connectivity index (χ2n) is 6.61. The van der Waals surface area contributed by atoms with E-state index in [1.165, 1.54) is 17.5 Å². The maximum Gasteiger partial charge on any atom is 0.140 e. The lowest BCUT2D eigenvalue weighted by atomic mass is 10.0. The number of hydrogen-bond donors (Lipinski definition) is 2. The highest BCUT2D eigenvalue weighted by atomic mass is 35.5. The van der Waals surface area contributed by atoms with Gasteiger partial charge in [0.1, 0.15) is 17.1 Å². The van der Waals surface area contributed by atoms with E-state index in [4.69, 9.17) is 11.6 Å². The van der Waals surface area contributed by atoms with Gasteiger partial charge in [-0.1, -0.05) is 35.9 Å². The van der Waals surface area contributed by atoms with E-state index in [9.17, 15) is 4.39 Å². The third kappa shape index (κ3) is 2.54. The van der Waals surface area contributed by atoms with Gasteiger partial charge in [0.15, 0.2) is 0 Å². The van der Waals surface area contributed by atoms with Crippen molar-refractivity contribution in [3.8, 4) is 5.69 Å². The van der Waals surface area contributed by atoms with Crippen LogP contribution in [0.15, 0.2) is 60.7 Å². The summed E-state index contributed by atoms with van der Waals surface area (Å²) in [7, 11) is 0. The average Bonchev–Trinajstić information content (AvgIpc) is 2.97. The summed E-state index contributed by atoms with van der Waals surface area (Å²) in [4.78, 5) is 0. The predicted octanol–water partition coefficient (Wildman–Crippen LogP) is 5.66. The van der Waals surface area contributed by atoms with Crippen molar-refractivity contribution in [3.63, 3.8) is 0 Å². The summed E-state index contributed by atoms with van der Waals surface area (Å²) in [5.41, 5.74) is 4.50. The molecule has 0 radical (unpaired) electrons. The van der Waals surface area contributed by atoms with Crippen molar-refractivity contribution in [3.05, 3.63) is 82.9 Å². The number of nitrogens with zero attached hydrogens (tertiary/aromatic N) is 2. The van der Waals surface area contributed by atoms with Crippen molar-refractivity contribution in [1.82, 2.24) is 9.78 Å². The molecule has 0 saturated carbocycles. The summed E-state index contributed by atoms with van der Waals surface area (Å²) >= 11 is 6.69. The van der Waals surface area contributed by atoms with E-state index in [1.54, 1.807) is 16.8 Å². The molecule has 4 aromatic rings. The van der Waals surface area contributed by atoms with Crippen LogP contribution in [0.25, 0.3) is 16.5 Å². The number of anilines is 2. The maximum atomic E-state index is 13.2. The molecule has 0 bridgehead atoms. The van der Waals surface area contributed by atoms with Crippen LogP contribution in [0.3, 0.4) is 0 Å². The lowest BCUT2D eigenvalue weighted by molar-refractivity contribution is 0.627. The molecule has 2 heterocycles. The minimum atomic E-state index is -0.292. The zero-order valence-electron chi connectivity index (χ0n) is 14.5. The van der Waals surface area contributed by atoms with Gasteiger partial charge in [0.2, 0.25) is 0 Å². The molecule has 0 saturated heterocycles. The molecule has 0 atom stereocenters. The number of aryl methyl sites for hydroxylation is 1. The van der Waals surface area contributed by atoms with Gasteiger partial charge in [0.25, 0.3) is 0 Å². The Morgan fingerprint density at radius 2 is 1.59 bits per heavy atom. The molecule has 0 amide bonds. The molecule has 4 nitrogen and oxygen atoms in total. The molecular formula is C21H16ClFN4. The van der Waals surface area contributed by atoms with Crippen LogP contribution in [0.4, 0.5) is 15.8 Å². The third-order valence-electron chi connectivity index (χ3n) is 4.91. The Balaban J connectivity index is 1.59. The maximum absolute atomic E-state index is 13.2. The van der Waals surface area contributed by atoms with Crippen LogP contribution in [0.1, 0.15) is 17.4 Å². The molecular weight excluding hydrogens is 363 g/mol. The summed E-state index contributed by atoms with van der Waals surface area (Å²) in [6, 6.07) is 18.5. The summed E-state index contributed by atoms with van der Waals surface area (Å²) in [5, 5.41) is 14.5. The molecule has 2 N–H and O–H groups in total. The highest BCUT2D eigenvalue weighted by Gasteiger charge is 2.27. The minimum Gasteiger partial charge on any atom is -0.361 e. The molecule has 0 fully saturated rings. The molecule has 1 aromatic heterocycles. The van der Waals surface area contributed by atoms with E-state index in [1.807, 2.05) is 19.1 Å². The number of hydrogen-bond acceptors (Lipinski definition) is 3. The lowest BCUT2D eigenvalue weighted by Gasteiger charge is -2.29. The Morgan fingerprint density at radius 3 is 2.22 bits per heavy atom. The van der Waals surface area contributed by atoms with Crippen LogP contribution in [0.5, 0.6) is 0 Å². The summed E-state index contributed by atoms with van der Waals surface area (Å²) in [6.45, 7) is 1.92. The van der Waals surface area contributed by atoms with Crippen molar-refractivity contribution >= 4 is 33.7 Å². The molecule has 6 heteroatoms. The van der Waals surface area contributed by atoms with E-state index >= 15 is 0 Å². The van der Waals surface area contributed by atoms with Crippen LogP contribution in [0, 0.1) is 12.7 Å². The summed E-state index contributed by atoms with van der Waals surface area (Å²) < 4.78 is 14.9. The van der Waals surface area contributed by atoms with E-state index in [-0.39, 0.29) is 12.0 Å². The highest BCUT2D eigenvalue weighted by Crippen LogP contribution is 2.40. The smallest absolute Gasteiger partial charge is 0.140 e. The van der Waals surface area contributed by atoms with E-state index in [2.05, 4.69) is 40.0 Å². The fraction of sp³-hybridized carbons (Fsp3) is 0.0952. The number of rotatable bonds is 2. The first-order valence-corrected chi connectivity index (χ1v) is 9.05. The van der Waals surface area contributed by atoms with Gasteiger partial charge >= 0.3 is 0 Å². The van der Waals surface area contributed by atoms with Gasteiger partial charge in [-0.3, -0.25) is 0 Å². The average molecular weight is 379 g/mol. The van der Waals surface area contributed by atoms with E-state index in [0.29, 0.717) is 10.8 Å². The van der Waals surface area contributed by atoms with Gasteiger partial charge < -0.3 is 10.6 Å². The Kier molecular flexibility index (Phi) is 3.58. The SMILES string of the molecule is Cc1nn(-c2ccc(F)cc2)c(Cl)c1C1Nc2cccc3cccc(c23)N1. The Hall–Kier alpha value is -3.05. The molecule has 5 rings (SSSR count). The van der Waals surface area contributed by atoms with Crippen molar-refractivity contribution < 1.29 is 4.39 Å². The zero-order chi connectivity index (χ0) is 18.5. The quantitative estimate of drug-likeness (QED) is 0.472. The number of aromatic nitrogens is 2. The summed E-state index contributed by atoms with van der Waals surface area (Å²) in [5.74, 6) is -0.292. The standard InChI is InChI=1S/C21H16ClFN4/c1-12-18(20(22)27(26-12)15-10-8-14(23)9-11-15)21-24-16-6-2-4-13-5-3-7-17(25-21)19(13)16/h2-11,21,24-25H,1H3. The third-order valence-corrected chi connectivity index (χ3v) is 5.28. The van der Waals surface area contributed by atoms with Gasteiger partial charge in [0, 0.05) is 16.8 Å². The molecule has 1 aliphatic rings. The Bertz CT molecular complexity index is 1130. The lowest BCUT2D eigenvalue weighted by Crippen LogP contribution is -2.24. The fourth-order valence-corrected chi connectivity index (χ4v) is 4.05. The molecule has 27 heavy (non-hydrogen) atoms. The van der Waals surface area contributed by atoms with Crippen LogP contribution in [-0.2, 0) is 0 Å². The first-order valence-electron chi connectivity index (χ1n) is 8.67.